The molecule has 0 spiro atoms. The van der Waals surface area contributed by atoms with Crippen LogP contribution in [-0.2, 0) is 27.2 Å². The smallest absolute Gasteiger partial charge is 0.244 e. The first-order valence-corrected chi connectivity index (χ1v) is 14.1. The van der Waals surface area contributed by atoms with E-state index in [-0.39, 0.29) is 42.8 Å². The number of benzene rings is 3. The Hall–Kier alpha value is -4.82. The van der Waals surface area contributed by atoms with Crippen LogP contribution in [0, 0.1) is 5.92 Å². The van der Waals surface area contributed by atoms with Crippen LogP contribution in [0.2, 0.25) is 0 Å². The number of pyridine rings is 1. The van der Waals surface area contributed by atoms with E-state index in [1.807, 2.05) is 103 Å². The van der Waals surface area contributed by atoms with Crippen molar-refractivity contribution in [3.63, 3.8) is 0 Å². The normalized spacial score (nSPS) is 17.9. The second-order valence-electron chi connectivity index (χ2n) is 10.6. The molecule has 0 bridgehead atoms. The summed E-state index contributed by atoms with van der Waals surface area (Å²) < 4.78 is 0. The molecule has 8 heteroatoms. The van der Waals surface area contributed by atoms with Gasteiger partial charge >= 0.3 is 0 Å². The van der Waals surface area contributed by atoms with Crippen LogP contribution in [-0.4, -0.2) is 59.2 Å². The molecule has 1 fully saturated rings. The minimum atomic E-state index is -0.240. The first kappa shape index (κ1) is 28.7. The van der Waals surface area contributed by atoms with Gasteiger partial charge in [0.05, 0.1) is 12.6 Å². The van der Waals surface area contributed by atoms with Crippen LogP contribution in [0.3, 0.4) is 0 Å². The van der Waals surface area contributed by atoms with Gasteiger partial charge in [-0.2, -0.15) is 0 Å². The average molecular weight is 562 g/mol. The van der Waals surface area contributed by atoms with Crippen molar-refractivity contribution in [3.8, 4) is 0 Å². The molecular weight excluding hydrogens is 526 g/mol. The van der Waals surface area contributed by atoms with Crippen molar-refractivity contribution in [2.24, 2.45) is 5.92 Å². The van der Waals surface area contributed by atoms with Crippen LogP contribution < -0.4 is 10.6 Å². The molecule has 214 valence electrons. The van der Waals surface area contributed by atoms with Crippen molar-refractivity contribution < 1.29 is 14.4 Å². The van der Waals surface area contributed by atoms with Gasteiger partial charge in [-0.3, -0.25) is 19.3 Å². The molecule has 1 aromatic heterocycles. The summed E-state index contributed by atoms with van der Waals surface area (Å²) in [6, 6.07) is 32.8. The Morgan fingerprint density at radius 3 is 2.19 bits per heavy atom. The van der Waals surface area contributed by atoms with Gasteiger partial charge in [0.1, 0.15) is 12.4 Å². The lowest BCUT2D eigenvalue weighted by Gasteiger charge is -2.39. The van der Waals surface area contributed by atoms with Gasteiger partial charge < -0.3 is 15.5 Å². The van der Waals surface area contributed by atoms with Gasteiger partial charge in [0.15, 0.2) is 0 Å². The average Bonchev–Trinajstić information content (AvgIpc) is 3.44. The van der Waals surface area contributed by atoms with E-state index < -0.39 is 0 Å². The lowest BCUT2D eigenvalue weighted by molar-refractivity contribution is -0.142. The third-order valence-electron chi connectivity index (χ3n) is 7.46. The van der Waals surface area contributed by atoms with Crippen LogP contribution in [0.25, 0.3) is 0 Å². The predicted octanol–water partition coefficient (Wildman–Crippen LogP) is 4.58. The van der Waals surface area contributed by atoms with Crippen LogP contribution in [0.1, 0.15) is 22.7 Å². The quantitative estimate of drug-likeness (QED) is 0.360. The molecule has 2 unspecified atom stereocenters. The summed E-state index contributed by atoms with van der Waals surface area (Å²) in [5, 5.41) is 5.82. The minimum absolute atomic E-state index is 0.0155. The van der Waals surface area contributed by atoms with E-state index in [9.17, 15) is 14.4 Å². The number of likely N-dealkylation sites (N-methyl/N-ethyl adjacent to an activating group) is 1. The summed E-state index contributed by atoms with van der Waals surface area (Å²) in [7, 11) is 1.92. The van der Waals surface area contributed by atoms with Crippen molar-refractivity contribution >= 4 is 29.2 Å². The zero-order valence-electron chi connectivity index (χ0n) is 23.6. The number of hydrogen-bond acceptors (Lipinski definition) is 5. The number of aromatic nitrogens is 1. The topological polar surface area (TPSA) is 94.6 Å². The van der Waals surface area contributed by atoms with Gasteiger partial charge in [-0.25, -0.2) is 4.98 Å². The third-order valence-corrected chi connectivity index (χ3v) is 7.46. The van der Waals surface area contributed by atoms with Gasteiger partial charge in [-0.1, -0.05) is 78.9 Å². The monoisotopic (exact) mass is 561 g/mol. The first-order chi connectivity index (χ1) is 20.5. The molecule has 1 saturated heterocycles. The van der Waals surface area contributed by atoms with Crippen LogP contribution in [0.5, 0.6) is 0 Å². The van der Waals surface area contributed by atoms with Gasteiger partial charge in [0.25, 0.3) is 0 Å². The number of carbonyl (C=O) groups excluding carboxylic acids is 3. The fourth-order valence-electron chi connectivity index (χ4n) is 5.40. The number of hydrogen-bond donors (Lipinski definition) is 2. The Balaban J connectivity index is 0.000000524. The maximum atomic E-state index is 13.0. The Labute approximate surface area is 246 Å². The largest absolute Gasteiger partial charge is 0.325 e. The van der Waals surface area contributed by atoms with E-state index >= 15 is 0 Å². The van der Waals surface area contributed by atoms with Gasteiger partial charge in [-0.05, 0) is 60.8 Å². The van der Waals surface area contributed by atoms with E-state index in [1.54, 1.807) is 23.2 Å². The van der Waals surface area contributed by atoms with Crippen molar-refractivity contribution in [1.82, 2.24) is 14.8 Å². The van der Waals surface area contributed by atoms with Crippen LogP contribution >= 0.6 is 0 Å². The van der Waals surface area contributed by atoms with Gasteiger partial charge in [0, 0.05) is 24.3 Å². The number of nitrogens with zero attached hydrogens (tertiary/aromatic N) is 3. The molecule has 2 N–H and O–H groups in total. The SMILES string of the molecule is CN1CC(=O)N(CC(=O)Nc2ccc3c(c2)CC(C(=O)Nc2ccccn2)C3)C(c2ccccc2)C1.c1ccccc1. The second kappa shape index (κ2) is 13.7. The number of nitrogens with one attached hydrogen (secondary N) is 2. The molecule has 2 heterocycles. The molecule has 2 atom stereocenters. The van der Waals surface area contributed by atoms with Gasteiger partial charge in [0.2, 0.25) is 17.7 Å². The molecule has 0 saturated carbocycles. The summed E-state index contributed by atoms with van der Waals surface area (Å²) in [6.07, 6.45) is 2.90. The van der Waals surface area contributed by atoms with Crippen molar-refractivity contribution in [1.29, 1.82) is 0 Å². The molecule has 3 aromatic carbocycles. The summed E-state index contributed by atoms with van der Waals surface area (Å²) in [5.41, 5.74) is 3.83. The molecular formula is C34H35N5O3. The minimum Gasteiger partial charge on any atom is -0.325 e. The maximum absolute atomic E-state index is 13.0. The van der Waals surface area contributed by atoms with Crippen molar-refractivity contribution in [2.75, 3.05) is 37.3 Å². The molecule has 42 heavy (non-hydrogen) atoms. The summed E-state index contributed by atoms with van der Waals surface area (Å²) in [6.45, 7) is 0.944. The Morgan fingerprint density at radius 2 is 1.50 bits per heavy atom. The fourth-order valence-corrected chi connectivity index (χ4v) is 5.40. The van der Waals surface area contributed by atoms with Crippen LogP contribution in [0.4, 0.5) is 11.5 Å². The molecule has 8 nitrogen and oxygen atoms in total. The molecule has 1 aliphatic heterocycles. The highest BCUT2D eigenvalue weighted by Crippen LogP contribution is 2.30. The number of piperazine rings is 1. The second-order valence-corrected chi connectivity index (χ2v) is 10.6. The molecule has 4 aromatic rings. The lowest BCUT2D eigenvalue weighted by Crippen LogP contribution is -2.52. The summed E-state index contributed by atoms with van der Waals surface area (Å²) in [4.78, 5) is 46.3. The van der Waals surface area contributed by atoms with E-state index in [1.165, 1.54) is 0 Å². The first-order valence-electron chi connectivity index (χ1n) is 14.1. The maximum Gasteiger partial charge on any atom is 0.244 e. The summed E-state index contributed by atoms with van der Waals surface area (Å²) in [5.74, 6) is -0.00284. The van der Waals surface area contributed by atoms with E-state index in [2.05, 4.69) is 15.6 Å². The van der Waals surface area contributed by atoms with Crippen molar-refractivity contribution in [2.45, 2.75) is 18.9 Å². The fraction of sp³-hybridized carbons (Fsp3) is 0.235. The number of anilines is 2. The third kappa shape index (κ3) is 7.47. The van der Waals surface area contributed by atoms with E-state index in [4.69, 9.17) is 0 Å². The Bertz CT molecular complexity index is 1470. The van der Waals surface area contributed by atoms with Crippen LogP contribution in [0.15, 0.2) is 109 Å². The number of fused-ring (bicyclic) bond motifs is 1. The Kier molecular flexibility index (Phi) is 9.36. The van der Waals surface area contributed by atoms with E-state index in [0.29, 0.717) is 30.9 Å². The predicted molar refractivity (Wildman–Crippen MR) is 164 cm³/mol. The zero-order chi connectivity index (χ0) is 29.3. The lowest BCUT2D eigenvalue weighted by atomic mass is 10.0. The molecule has 6 rings (SSSR count). The molecule has 3 amide bonds. The number of rotatable bonds is 6. The van der Waals surface area contributed by atoms with E-state index in [0.717, 1.165) is 16.7 Å². The highest BCUT2D eigenvalue weighted by molar-refractivity contribution is 5.95. The molecule has 2 aliphatic rings. The van der Waals surface area contributed by atoms with Gasteiger partial charge in [-0.15, -0.1) is 0 Å². The number of carbonyl (C=O) groups is 3. The zero-order valence-corrected chi connectivity index (χ0v) is 23.6. The standard InChI is InChI=1S/C28H29N5O3.C6H6/c1-32-16-24(19-7-3-2-4-8-19)33(27(35)18-32)17-26(34)30-23-11-10-20-13-22(14-21(20)15-23)28(36)31-25-9-5-6-12-29-25;1-2-4-6-5-3-1/h2-12,15,22,24H,13-14,16-18H2,1H3,(H,30,34)(H,29,31,36);1-6H. The Morgan fingerprint density at radius 1 is 0.833 bits per heavy atom. The highest BCUT2D eigenvalue weighted by Gasteiger charge is 2.33. The molecule has 1 aliphatic carbocycles. The summed E-state index contributed by atoms with van der Waals surface area (Å²) >= 11 is 0. The molecule has 0 radical (unpaired) electrons. The number of amides is 3. The van der Waals surface area contributed by atoms with Crippen molar-refractivity contribution in [3.05, 3.63) is 126 Å². The highest BCUT2D eigenvalue weighted by atomic mass is 16.2.